The van der Waals surface area contributed by atoms with E-state index in [2.05, 4.69) is 24.3 Å². The van der Waals surface area contributed by atoms with E-state index in [1.54, 1.807) is 0 Å². The molecule has 0 amide bonds. The van der Waals surface area contributed by atoms with Gasteiger partial charge in [0.2, 0.25) is 0 Å². The quantitative estimate of drug-likeness (QED) is 0.578. The van der Waals surface area contributed by atoms with E-state index in [0.717, 1.165) is 6.42 Å². The first kappa shape index (κ1) is 6.90. The molecule has 1 nitrogen and oxygen atoms in total. The van der Waals surface area contributed by atoms with Crippen molar-refractivity contribution in [2.24, 2.45) is 10.8 Å². The van der Waals surface area contributed by atoms with Crippen LogP contribution in [-0.4, -0.2) is 11.2 Å². The zero-order chi connectivity index (χ0) is 8.23. The lowest BCUT2D eigenvalue weighted by atomic mass is 9.93. The zero-order valence-corrected chi connectivity index (χ0v) is 7.16. The van der Waals surface area contributed by atoms with E-state index in [4.69, 9.17) is 0 Å². The van der Waals surface area contributed by atoms with Crippen LogP contribution >= 0.6 is 0 Å². The van der Waals surface area contributed by atoms with Crippen LogP contribution in [0.2, 0.25) is 0 Å². The number of hydrogen-bond donors (Lipinski definition) is 1. The van der Waals surface area contributed by atoms with Crippen LogP contribution in [0.25, 0.3) is 0 Å². The van der Waals surface area contributed by atoms with Gasteiger partial charge in [-0.1, -0.05) is 24.3 Å². The molecule has 64 valence electrons. The van der Waals surface area contributed by atoms with Crippen LogP contribution < -0.4 is 0 Å². The fourth-order valence-electron chi connectivity index (χ4n) is 3.29. The fraction of sp³-hybridized carbons (Fsp3) is 0.636. The summed E-state index contributed by atoms with van der Waals surface area (Å²) in [5, 5.41) is 9.87. The normalized spacial score (nSPS) is 54.6. The van der Waals surface area contributed by atoms with Crippen LogP contribution in [0, 0.1) is 10.8 Å². The van der Waals surface area contributed by atoms with Gasteiger partial charge in [-0.25, -0.2) is 0 Å². The summed E-state index contributed by atoms with van der Waals surface area (Å²) < 4.78 is 0. The van der Waals surface area contributed by atoms with Crippen LogP contribution in [0.1, 0.15) is 25.7 Å². The van der Waals surface area contributed by atoms with E-state index in [1.807, 2.05) is 0 Å². The molecule has 1 N–H and O–H groups in total. The predicted molar refractivity (Wildman–Crippen MR) is 47.6 cm³/mol. The molecule has 0 aliphatic heterocycles. The summed E-state index contributed by atoms with van der Waals surface area (Å²) in [6.07, 6.45) is 13.3. The van der Waals surface area contributed by atoms with Crippen LogP contribution in [0.3, 0.4) is 0 Å². The molecule has 0 spiro atoms. The minimum absolute atomic E-state index is 0.0614. The third kappa shape index (κ3) is 0.567. The molecule has 2 fully saturated rings. The van der Waals surface area contributed by atoms with Crippen molar-refractivity contribution in [3.8, 4) is 0 Å². The molecule has 3 unspecified atom stereocenters. The van der Waals surface area contributed by atoms with Crippen LogP contribution in [-0.2, 0) is 0 Å². The SMILES string of the molecule is OC1CCC23CC=CC=CC12C3. The summed E-state index contributed by atoms with van der Waals surface area (Å²) in [5.41, 5.74) is 0.659. The molecule has 0 aromatic heterocycles. The number of hydrogen-bond acceptors (Lipinski definition) is 1. The van der Waals surface area contributed by atoms with E-state index in [-0.39, 0.29) is 11.5 Å². The molecule has 3 aliphatic carbocycles. The molecule has 0 aromatic rings. The van der Waals surface area contributed by atoms with Gasteiger partial charge in [0.15, 0.2) is 0 Å². The molecule has 3 aliphatic rings. The minimum atomic E-state index is -0.0614. The summed E-state index contributed by atoms with van der Waals surface area (Å²) in [6.45, 7) is 0. The summed E-state index contributed by atoms with van der Waals surface area (Å²) in [6, 6.07) is 0. The average molecular weight is 162 g/mol. The molecule has 3 rings (SSSR count). The number of rotatable bonds is 0. The topological polar surface area (TPSA) is 20.2 Å². The highest BCUT2D eigenvalue weighted by Gasteiger charge is 2.71. The van der Waals surface area contributed by atoms with Crippen molar-refractivity contribution in [2.45, 2.75) is 31.8 Å². The predicted octanol–water partition coefficient (Wildman–Crippen LogP) is 2.03. The second-order valence-corrected chi connectivity index (χ2v) is 4.54. The van der Waals surface area contributed by atoms with Crippen molar-refractivity contribution in [2.75, 3.05) is 0 Å². The van der Waals surface area contributed by atoms with Gasteiger partial charge in [-0.05, 0) is 31.1 Å². The van der Waals surface area contributed by atoms with Crippen LogP contribution in [0.5, 0.6) is 0 Å². The van der Waals surface area contributed by atoms with Crippen molar-refractivity contribution in [3.63, 3.8) is 0 Å². The van der Waals surface area contributed by atoms with E-state index in [9.17, 15) is 5.11 Å². The molecule has 0 saturated heterocycles. The number of allylic oxidation sites excluding steroid dienone is 3. The monoisotopic (exact) mass is 162 g/mol. The minimum Gasteiger partial charge on any atom is -0.392 e. The Bertz CT molecular complexity index is 279. The van der Waals surface area contributed by atoms with Crippen molar-refractivity contribution in [1.29, 1.82) is 0 Å². The highest BCUT2D eigenvalue weighted by molar-refractivity contribution is 5.34. The molecule has 0 aromatic carbocycles. The van der Waals surface area contributed by atoms with Gasteiger partial charge in [0, 0.05) is 5.41 Å². The van der Waals surface area contributed by atoms with Crippen LogP contribution in [0.4, 0.5) is 0 Å². The maximum atomic E-state index is 9.87. The lowest BCUT2D eigenvalue weighted by Crippen LogP contribution is -2.17. The molecule has 0 heterocycles. The van der Waals surface area contributed by atoms with Gasteiger partial charge < -0.3 is 5.11 Å². The number of aliphatic hydroxyl groups is 1. The van der Waals surface area contributed by atoms with Crippen molar-refractivity contribution >= 4 is 0 Å². The summed E-state index contributed by atoms with van der Waals surface area (Å²) in [5.74, 6) is 0. The molecule has 2 saturated carbocycles. The molecule has 3 atom stereocenters. The van der Waals surface area contributed by atoms with E-state index in [0.29, 0.717) is 5.41 Å². The van der Waals surface area contributed by atoms with Gasteiger partial charge in [-0.2, -0.15) is 0 Å². The lowest BCUT2D eigenvalue weighted by molar-refractivity contribution is 0.125. The first-order chi connectivity index (χ1) is 5.79. The molecule has 12 heavy (non-hydrogen) atoms. The summed E-state index contributed by atoms with van der Waals surface area (Å²) in [4.78, 5) is 0. The van der Waals surface area contributed by atoms with Gasteiger partial charge >= 0.3 is 0 Å². The second-order valence-electron chi connectivity index (χ2n) is 4.54. The lowest BCUT2D eigenvalue weighted by Gasteiger charge is -2.14. The summed E-state index contributed by atoms with van der Waals surface area (Å²) in [7, 11) is 0. The highest BCUT2D eigenvalue weighted by Crippen LogP contribution is 2.76. The Kier molecular flexibility index (Phi) is 1.06. The Morgan fingerprint density at radius 3 is 3.17 bits per heavy atom. The summed E-state index contributed by atoms with van der Waals surface area (Å²) >= 11 is 0. The first-order valence-electron chi connectivity index (χ1n) is 4.82. The Morgan fingerprint density at radius 1 is 1.33 bits per heavy atom. The second kappa shape index (κ2) is 1.85. The van der Waals surface area contributed by atoms with Gasteiger partial charge in [0.25, 0.3) is 0 Å². The Morgan fingerprint density at radius 2 is 2.25 bits per heavy atom. The van der Waals surface area contributed by atoms with Gasteiger partial charge in [-0.3, -0.25) is 0 Å². The largest absolute Gasteiger partial charge is 0.392 e. The van der Waals surface area contributed by atoms with Crippen LogP contribution in [0.15, 0.2) is 24.3 Å². The van der Waals surface area contributed by atoms with E-state index >= 15 is 0 Å². The fourth-order valence-corrected chi connectivity index (χ4v) is 3.29. The van der Waals surface area contributed by atoms with Gasteiger partial charge in [0.05, 0.1) is 6.10 Å². The standard InChI is InChI=1S/C11H14O/c12-9-4-7-10-5-2-1-3-6-11(9,10)8-10/h1-3,6,9,12H,4-5,7-8H2. The zero-order valence-electron chi connectivity index (χ0n) is 7.16. The molecular formula is C11H14O. The maximum absolute atomic E-state index is 9.87. The van der Waals surface area contributed by atoms with Gasteiger partial charge in [-0.15, -0.1) is 0 Å². The molecule has 0 radical (unpaired) electrons. The first-order valence-corrected chi connectivity index (χ1v) is 4.82. The Balaban J connectivity index is 2.05. The van der Waals surface area contributed by atoms with E-state index < -0.39 is 0 Å². The third-order valence-corrected chi connectivity index (χ3v) is 4.13. The molecular weight excluding hydrogens is 148 g/mol. The third-order valence-electron chi connectivity index (χ3n) is 4.13. The average Bonchev–Trinajstić information content (AvgIpc) is 2.64. The van der Waals surface area contributed by atoms with Crippen molar-refractivity contribution < 1.29 is 5.11 Å². The highest BCUT2D eigenvalue weighted by atomic mass is 16.3. The van der Waals surface area contributed by atoms with E-state index in [1.165, 1.54) is 19.3 Å². The molecule has 0 bridgehead atoms. The van der Waals surface area contributed by atoms with Gasteiger partial charge in [0.1, 0.15) is 0 Å². The number of aliphatic hydroxyl groups excluding tert-OH is 1. The Labute approximate surface area is 72.8 Å². The Hall–Kier alpha value is -0.560. The smallest absolute Gasteiger partial charge is 0.0636 e. The maximum Gasteiger partial charge on any atom is 0.0636 e. The molecule has 1 heteroatoms. The van der Waals surface area contributed by atoms with Crippen molar-refractivity contribution in [1.82, 2.24) is 0 Å². The van der Waals surface area contributed by atoms with Crippen molar-refractivity contribution in [3.05, 3.63) is 24.3 Å².